The Hall–Kier alpha value is -2.13. The zero-order valence-corrected chi connectivity index (χ0v) is 14.8. The summed E-state index contributed by atoms with van der Waals surface area (Å²) in [4.78, 5) is 16.6. The van der Waals surface area contributed by atoms with E-state index in [4.69, 9.17) is 0 Å². The SMILES string of the molecule is Cl.Cn1nc(C2CCNCC2)nc1NC(=O)c1cccc(C(F)(F)F)c1. The molecule has 1 aliphatic rings. The Morgan fingerprint density at radius 3 is 2.65 bits per heavy atom. The van der Waals surface area contributed by atoms with Crippen molar-refractivity contribution >= 4 is 24.3 Å². The number of piperidine rings is 1. The van der Waals surface area contributed by atoms with Crippen LogP contribution in [0.1, 0.15) is 40.5 Å². The predicted octanol–water partition coefficient (Wildman–Crippen LogP) is 2.98. The van der Waals surface area contributed by atoms with Crippen LogP contribution in [-0.4, -0.2) is 33.8 Å². The van der Waals surface area contributed by atoms with Crippen molar-refractivity contribution in [1.29, 1.82) is 0 Å². The highest BCUT2D eigenvalue weighted by Gasteiger charge is 2.31. The van der Waals surface area contributed by atoms with Crippen molar-refractivity contribution in [2.24, 2.45) is 7.05 Å². The summed E-state index contributed by atoms with van der Waals surface area (Å²) in [5, 5.41) is 10.1. The lowest BCUT2D eigenvalue weighted by atomic mass is 9.98. The minimum atomic E-state index is -4.50. The van der Waals surface area contributed by atoms with Crippen molar-refractivity contribution in [3.05, 3.63) is 41.2 Å². The number of hydrogen-bond acceptors (Lipinski definition) is 4. The zero-order valence-electron chi connectivity index (χ0n) is 14.0. The summed E-state index contributed by atoms with van der Waals surface area (Å²) in [5.74, 6) is 0.421. The molecule has 142 valence electrons. The molecule has 2 heterocycles. The third kappa shape index (κ3) is 4.53. The normalized spacial score (nSPS) is 15.4. The molecule has 0 spiro atoms. The van der Waals surface area contributed by atoms with Gasteiger partial charge < -0.3 is 5.32 Å². The van der Waals surface area contributed by atoms with Crippen LogP contribution in [0.4, 0.5) is 19.1 Å². The van der Waals surface area contributed by atoms with Crippen LogP contribution in [0.2, 0.25) is 0 Å². The Morgan fingerprint density at radius 2 is 2.00 bits per heavy atom. The number of hydrogen-bond donors (Lipinski definition) is 2. The molecule has 0 radical (unpaired) electrons. The summed E-state index contributed by atoms with van der Waals surface area (Å²) >= 11 is 0. The van der Waals surface area contributed by atoms with E-state index in [0.717, 1.165) is 38.1 Å². The van der Waals surface area contributed by atoms with Crippen molar-refractivity contribution in [3.8, 4) is 0 Å². The molecule has 0 unspecified atom stereocenters. The highest BCUT2D eigenvalue weighted by Crippen LogP contribution is 2.29. The van der Waals surface area contributed by atoms with Gasteiger partial charge >= 0.3 is 6.18 Å². The number of amides is 1. The van der Waals surface area contributed by atoms with Crippen LogP contribution in [0.15, 0.2) is 24.3 Å². The lowest BCUT2D eigenvalue weighted by Gasteiger charge is -2.19. The van der Waals surface area contributed by atoms with Gasteiger partial charge in [-0.05, 0) is 44.1 Å². The number of alkyl halides is 3. The highest BCUT2D eigenvalue weighted by atomic mass is 35.5. The molecule has 3 rings (SSSR count). The Kier molecular flexibility index (Phi) is 6.25. The van der Waals surface area contributed by atoms with Gasteiger partial charge in [0.05, 0.1) is 5.56 Å². The summed E-state index contributed by atoms with van der Waals surface area (Å²) in [6, 6.07) is 4.28. The quantitative estimate of drug-likeness (QED) is 0.846. The number of carbonyl (C=O) groups is 1. The third-order valence-corrected chi connectivity index (χ3v) is 4.16. The van der Waals surface area contributed by atoms with E-state index >= 15 is 0 Å². The second-order valence-electron chi connectivity index (χ2n) is 5.97. The van der Waals surface area contributed by atoms with E-state index in [2.05, 4.69) is 20.7 Å². The molecular weight excluding hydrogens is 371 g/mol. The van der Waals surface area contributed by atoms with Crippen molar-refractivity contribution in [2.75, 3.05) is 18.4 Å². The van der Waals surface area contributed by atoms with Crippen LogP contribution in [-0.2, 0) is 13.2 Å². The van der Waals surface area contributed by atoms with E-state index in [1.165, 1.54) is 16.8 Å². The highest BCUT2D eigenvalue weighted by molar-refractivity contribution is 6.03. The Balaban J connectivity index is 0.00000243. The Labute approximate surface area is 154 Å². The van der Waals surface area contributed by atoms with Crippen LogP contribution in [0.25, 0.3) is 0 Å². The molecule has 6 nitrogen and oxygen atoms in total. The predicted molar refractivity (Wildman–Crippen MR) is 92.5 cm³/mol. The molecule has 26 heavy (non-hydrogen) atoms. The fraction of sp³-hybridized carbons (Fsp3) is 0.438. The van der Waals surface area contributed by atoms with E-state index in [-0.39, 0.29) is 29.8 Å². The van der Waals surface area contributed by atoms with E-state index in [1.54, 1.807) is 7.05 Å². The van der Waals surface area contributed by atoms with Gasteiger partial charge in [0.2, 0.25) is 5.95 Å². The maximum absolute atomic E-state index is 12.8. The monoisotopic (exact) mass is 389 g/mol. The van der Waals surface area contributed by atoms with Gasteiger partial charge in [0, 0.05) is 18.5 Å². The first-order valence-corrected chi connectivity index (χ1v) is 7.95. The molecule has 1 aromatic carbocycles. The maximum Gasteiger partial charge on any atom is 0.416 e. The lowest BCUT2D eigenvalue weighted by Crippen LogP contribution is -2.27. The maximum atomic E-state index is 12.8. The number of nitrogens with one attached hydrogen (secondary N) is 2. The summed E-state index contributed by atoms with van der Waals surface area (Å²) in [6.07, 6.45) is -2.68. The molecular formula is C16H19ClF3N5O. The van der Waals surface area contributed by atoms with Gasteiger partial charge in [0.25, 0.3) is 5.91 Å². The largest absolute Gasteiger partial charge is 0.416 e. The number of carbonyl (C=O) groups excluding carboxylic acids is 1. The van der Waals surface area contributed by atoms with Crippen LogP contribution in [0.5, 0.6) is 0 Å². The zero-order chi connectivity index (χ0) is 18.0. The van der Waals surface area contributed by atoms with Gasteiger partial charge in [-0.3, -0.25) is 10.1 Å². The number of anilines is 1. The van der Waals surface area contributed by atoms with Crippen molar-refractivity contribution in [3.63, 3.8) is 0 Å². The van der Waals surface area contributed by atoms with E-state index in [1.807, 2.05) is 0 Å². The first-order chi connectivity index (χ1) is 11.8. The average molecular weight is 390 g/mol. The Bertz CT molecular complexity index is 771. The molecule has 1 aliphatic heterocycles. The van der Waals surface area contributed by atoms with Gasteiger partial charge in [-0.15, -0.1) is 12.4 Å². The number of halogens is 4. The topological polar surface area (TPSA) is 71.8 Å². The fourth-order valence-corrected chi connectivity index (χ4v) is 2.78. The summed E-state index contributed by atoms with van der Waals surface area (Å²) in [6.45, 7) is 1.77. The lowest BCUT2D eigenvalue weighted by molar-refractivity contribution is -0.137. The van der Waals surface area contributed by atoms with Crippen molar-refractivity contribution < 1.29 is 18.0 Å². The van der Waals surface area contributed by atoms with E-state index < -0.39 is 17.6 Å². The molecule has 1 amide bonds. The van der Waals surface area contributed by atoms with Gasteiger partial charge in [-0.1, -0.05) is 6.07 Å². The molecule has 1 saturated heterocycles. The first-order valence-electron chi connectivity index (χ1n) is 7.95. The molecule has 0 saturated carbocycles. The molecule has 2 N–H and O–H groups in total. The standard InChI is InChI=1S/C16H18F3N5O.ClH/c1-24-15(21-13(23-24)10-5-7-20-8-6-10)22-14(25)11-3-2-4-12(9-11)16(17,18)19;/h2-4,9-10,20H,5-8H2,1H3,(H,21,22,23,25);1H. The number of nitrogens with zero attached hydrogens (tertiary/aromatic N) is 3. The first kappa shape index (κ1) is 20.2. The molecule has 0 bridgehead atoms. The minimum absolute atomic E-state index is 0. The second-order valence-corrected chi connectivity index (χ2v) is 5.97. The third-order valence-electron chi connectivity index (χ3n) is 4.16. The molecule has 10 heteroatoms. The number of aryl methyl sites for hydroxylation is 1. The number of aromatic nitrogens is 3. The average Bonchev–Trinajstić information content (AvgIpc) is 2.96. The van der Waals surface area contributed by atoms with Crippen molar-refractivity contribution in [2.45, 2.75) is 24.9 Å². The van der Waals surface area contributed by atoms with Gasteiger partial charge in [-0.2, -0.15) is 23.3 Å². The molecule has 1 fully saturated rings. The summed E-state index contributed by atoms with van der Waals surface area (Å²) in [5.41, 5.74) is -0.949. The molecule has 0 aliphatic carbocycles. The Morgan fingerprint density at radius 1 is 1.31 bits per heavy atom. The molecule has 1 aromatic heterocycles. The van der Waals surface area contributed by atoms with Crippen LogP contribution in [0, 0.1) is 0 Å². The number of rotatable bonds is 3. The van der Waals surface area contributed by atoms with Gasteiger partial charge in [-0.25, -0.2) is 4.68 Å². The van der Waals surface area contributed by atoms with E-state index in [0.29, 0.717) is 5.82 Å². The summed E-state index contributed by atoms with van der Waals surface area (Å²) < 4.78 is 39.7. The van der Waals surface area contributed by atoms with Crippen LogP contribution in [0.3, 0.4) is 0 Å². The fourth-order valence-electron chi connectivity index (χ4n) is 2.78. The molecule has 2 aromatic rings. The second kappa shape index (κ2) is 8.05. The van der Waals surface area contributed by atoms with Crippen LogP contribution >= 0.6 is 12.4 Å². The minimum Gasteiger partial charge on any atom is -0.317 e. The number of benzene rings is 1. The van der Waals surface area contributed by atoms with Crippen LogP contribution < -0.4 is 10.6 Å². The smallest absolute Gasteiger partial charge is 0.317 e. The molecule has 0 atom stereocenters. The van der Waals surface area contributed by atoms with Crippen molar-refractivity contribution in [1.82, 2.24) is 20.1 Å². The van der Waals surface area contributed by atoms with Gasteiger partial charge in [0.1, 0.15) is 0 Å². The van der Waals surface area contributed by atoms with E-state index in [9.17, 15) is 18.0 Å². The van der Waals surface area contributed by atoms with Gasteiger partial charge in [0.15, 0.2) is 5.82 Å². The summed E-state index contributed by atoms with van der Waals surface area (Å²) in [7, 11) is 1.64.